The van der Waals surface area contributed by atoms with Crippen molar-refractivity contribution in [3.8, 4) is 0 Å². The number of amides is 1. The Kier molecular flexibility index (Phi) is 18.3. The molecule has 3 fully saturated rings. The fourth-order valence-electron chi connectivity index (χ4n) is 8.84. The number of methoxy groups -OCH3 is 2. The smallest absolute Gasteiger partial charge is 0.387 e. The molecule has 0 aromatic carbocycles. The number of aliphatic hydroxyl groups is 3. The van der Waals surface area contributed by atoms with Gasteiger partial charge in [0.25, 0.3) is 17.1 Å². The van der Waals surface area contributed by atoms with Gasteiger partial charge < -0.3 is 74.9 Å². The summed E-state index contributed by atoms with van der Waals surface area (Å²) in [7, 11) is -18.3. The molecule has 3 saturated heterocycles. The van der Waals surface area contributed by atoms with E-state index in [2.05, 4.69) is 33.5 Å². The molecule has 5 aromatic heterocycles. The summed E-state index contributed by atoms with van der Waals surface area (Å²) in [4.78, 5) is 115. The molecule has 8 rings (SSSR count). The van der Waals surface area contributed by atoms with Gasteiger partial charge in [0.1, 0.15) is 54.6 Å². The third-order valence-electron chi connectivity index (χ3n) is 12.6. The van der Waals surface area contributed by atoms with E-state index >= 15 is 0 Å². The number of aryl methyl sites for hydroxylation is 1. The summed E-state index contributed by atoms with van der Waals surface area (Å²) in [5, 5.41) is 32.9. The van der Waals surface area contributed by atoms with Crippen LogP contribution in [0.3, 0.4) is 0 Å². The van der Waals surface area contributed by atoms with Crippen LogP contribution in [-0.2, 0) is 80.5 Å². The molecule has 80 heavy (non-hydrogen) atoms. The van der Waals surface area contributed by atoms with Crippen LogP contribution < -0.4 is 32.8 Å². The first kappa shape index (κ1) is 60.9. The molecule has 43 heteroatoms. The summed E-state index contributed by atoms with van der Waals surface area (Å²) < 4.78 is 115. The van der Waals surface area contributed by atoms with E-state index in [-0.39, 0.29) is 47.2 Å². The molecule has 0 bridgehead atoms. The number of anilines is 2. The van der Waals surface area contributed by atoms with Gasteiger partial charge in [-0.1, -0.05) is 4.98 Å². The van der Waals surface area contributed by atoms with E-state index in [0.717, 1.165) is 36.6 Å². The van der Waals surface area contributed by atoms with Crippen molar-refractivity contribution in [2.75, 3.05) is 65.7 Å². The number of carbonyl (C=O) groups is 1. The molecular formula is C37H54N13O26P4+. The van der Waals surface area contributed by atoms with Crippen molar-refractivity contribution in [2.24, 2.45) is 13.0 Å². The zero-order valence-corrected chi connectivity index (χ0v) is 45.5. The van der Waals surface area contributed by atoms with E-state index in [9.17, 15) is 72.3 Å². The van der Waals surface area contributed by atoms with E-state index in [4.69, 9.17) is 53.2 Å². The second kappa shape index (κ2) is 24.0. The Bertz CT molecular complexity index is 3470. The largest absolute Gasteiger partial charge is 0.490 e. The number of aromatic amines is 2. The molecule has 8 heterocycles. The number of H-pyrrole nitrogens is 2. The minimum atomic E-state index is -6.26. The number of phosphoric acid groups is 4. The van der Waals surface area contributed by atoms with E-state index in [1.54, 1.807) is 0 Å². The molecule has 5 aromatic rings. The molecule has 0 radical (unpaired) electrons. The molecular weight excluding hydrogens is 1170 g/mol. The zero-order chi connectivity index (χ0) is 58.4. The van der Waals surface area contributed by atoms with E-state index in [1.165, 1.54) is 46.1 Å². The van der Waals surface area contributed by atoms with Gasteiger partial charge in [-0.25, -0.2) is 42.6 Å². The van der Waals surface area contributed by atoms with Gasteiger partial charge in [0.2, 0.25) is 17.7 Å². The second-order valence-corrected chi connectivity index (χ2v) is 23.9. The lowest BCUT2D eigenvalue weighted by Crippen LogP contribution is -2.45. The first-order valence-electron chi connectivity index (χ1n) is 23.2. The maximum Gasteiger partial charge on any atom is 0.490 e. The predicted molar refractivity (Wildman–Crippen MR) is 259 cm³/mol. The maximum atomic E-state index is 13.6. The Hall–Kier alpha value is -5.15. The molecule has 0 aliphatic carbocycles. The predicted octanol–water partition coefficient (Wildman–Crippen LogP) is -4.13. The molecule has 0 saturated carbocycles. The average molecular weight is 1220 g/mol. The topological polar surface area (TPSA) is 537 Å². The molecule has 0 spiro atoms. The summed E-state index contributed by atoms with van der Waals surface area (Å²) in [6.45, 7) is -3.16. The Morgan fingerprint density at radius 3 is 2.12 bits per heavy atom. The SMILES string of the molecule is COCCN(C)C(=O)C[C@@H]1[C@@H](COP(=O)(O)OP(=O)(O)OP(=O)(O)OC[C@H]2O[C@@H](n3cnc4c(N)ncnc43)[C@H](OC)[C@@H]2OP(=O)(O)OC[C@H]2O[C@@H](n3ccc(=O)[nH]c3=O)[C@H](O)[C@@H]2O)OC([n+]2cn(C)c3c(=O)[nH]c(N)nc32)[C@@H]1O. The van der Waals surface area contributed by atoms with Crippen molar-refractivity contribution >= 4 is 71.3 Å². The number of carbonyl (C=O) groups excluding carboxylic acids is 1. The number of imidazole rings is 2. The number of nitrogens with one attached hydrogen (secondary N) is 2. The molecule has 5 unspecified atom stereocenters. The first-order chi connectivity index (χ1) is 37.5. The Labute approximate surface area is 446 Å². The van der Waals surface area contributed by atoms with Crippen LogP contribution in [0.4, 0.5) is 11.8 Å². The summed E-state index contributed by atoms with van der Waals surface area (Å²) in [6.07, 6.45) is -14.5. The maximum absolute atomic E-state index is 13.6. The number of aliphatic hydroxyl groups excluding tert-OH is 3. The van der Waals surface area contributed by atoms with Crippen molar-refractivity contribution in [1.29, 1.82) is 0 Å². The summed E-state index contributed by atoms with van der Waals surface area (Å²) in [6, 6.07) is 0.920. The standard InChI is InChI=1S/C37H53N13O26P4/c1-46(7-8-66-3)21(52)9-16-17(71-33(24(16)53)50-15-47(2)23-31(50)44-36(39)45-32(23)56)10-69-78(60,61)75-80(64,65)76-79(62,63)70-12-19-27(28(67-4)35(73-19)49-14-42-22-29(38)40-13-41-30(22)49)74-77(58,59)68-11-18-25(54)26(55)34(72-18)48-6-5-20(51)43-37(48)57/h5-6,13-19,24-28,33-35,53-55H,7-12H2,1-4H3,(H9-,38,39,40,41,43,44,45,51,56,57,58,59,60,61,62,63,64,65)/p+1/t16-,17-,18-,19-,24-,25-,26-,27-,28-,33?,34-,35-/m1/s1. The van der Waals surface area contributed by atoms with E-state index in [1.807, 2.05) is 4.98 Å². The van der Waals surface area contributed by atoms with Crippen LogP contribution in [0, 0.1) is 5.92 Å². The van der Waals surface area contributed by atoms with Crippen LogP contribution >= 0.6 is 31.3 Å². The van der Waals surface area contributed by atoms with Crippen LogP contribution in [-0.4, -0.2) is 192 Å². The third-order valence-corrected chi connectivity index (χ3v) is 17.8. The number of phosphoric ester groups is 3. The third kappa shape index (κ3) is 13.3. The van der Waals surface area contributed by atoms with Crippen LogP contribution in [0.2, 0.25) is 0 Å². The van der Waals surface area contributed by atoms with Gasteiger partial charge in [0.15, 0.2) is 30.2 Å². The number of hydrogen-bond acceptors (Lipinski definition) is 28. The number of rotatable bonds is 24. The van der Waals surface area contributed by atoms with Crippen molar-refractivity contribution in [3.63, 3.8) is 0 Å². The van der Waals surface area contributed by atoms with Crippen LogP contribution in [0.25, 0.3) is 22.3 Å². The monoisotopic (exact) mass is 1220 g/mol. The van der Waals surface area contributed by atoms with Crippen molar-refractivity contribution in [1.82, 2.24) is 48.5 Å². The summed E-state index contributed by atoms with van der Waals surface area (Å²) in [5.74, 6) is -2.26. The fourth-order valence-corrected chi connectivity index (χ4v) is 13.3. The highest BCUT2D eigenvalue weighted by Gasteiger charge is 2.54. The van der Waals surface area contributed by atoms with Gasteiger partial charge in [0.05, 0.1) is 45.9 Å². The number of likely N-dealkylation sites (N-methyl/N-ethyl adjacent to an activating group) is 1. The number of ether oxygens (including phenoxy) is 5. The minimum absolute atomic E-state index is 0.00461. The van der Waals surface area contributed by atoms with Crippen molar-refractivity contribution in [2.45, 2.75) is 73.9 Å². The highest BCUT2D eigenvalue weighted by molar-refractivity contribution is 7.66. The van der Waals surface area contributed by atoms with Crippen LogP contribution in [0.1, 0.15) is 25.1 Å². The molecule has 39 nitrogen and oxygen atoms in total. The lowest BCUT2D eigenvalue weighted by Gasteiger charge is -2.26. The molecule has 13 N–H and O–H groups in total. The van der Waals surface area contributed by atoms with Crippen LogP contribution in [0.5, 0.6) is 0 Å². The highest BCUT2D eigenvalue weighted by atomic mass is 31.3. The van der Waals surface area contributed by atoms with Gasteiger partial charge in [0, 0.05) is 52.4 Å². The molecule has 16 atom stereocenters. The lowest BCUT2D eigenvalue weighted by atomic mass is 9.94. The second-order valence-electron chi connectivity index (χ2n) is 17.9. The van der Waals surface area contributed by atoms with Gasteiger partial charge in [-0.2, -0.15) is 8.62 Å². The van der Waals surface area contributed by atoms with Gasteiger partial charge in [-0.05, 0) is 0 Å². The molecule has 442 valence electrons. The fraction of sp³-hybridized carbons (Fsp3) is 0.595. The lowest BCUT2D eigenvalue weighted by molar-refractivity contribution is -0.745. The Morgan fingerprint density at radius 1 is 0.812 bits per heavy atom. The normalized spacial score (nSPS) is 29.1. The zero-order valence-electron chi connectivity index (χ0n) is 41.9. The van der Waals surface area contributed by atoms with E-state index < -0.39 is 154 Å². The summed E-state index contributed by atoms with van der Waals surface area (Å²) >= 11 is 0. The van der Waals surface area contributed by atoms with Gasteiger partial charge in [-0.3, -0.25) is 56.1 Å². The number of nitrogens with two attached hydrogens (primary N) is 2. The van der Waals surface area contributed by atoms with Crippen molar-refractivity contribution in [3.05, 3.63) is 62.4 Å². The number of nitrogens with zero attached hydrogens (tertiary/aromatic N) is 9. The molecule has 1 amide bonds. The molecule has 3 aliphatic heterocycles. The van der Waals surface area contributed by atoms with Crippen LogP contribution in [0.15, 0.2) is 45.6 Å². The molecule has 3 aliphatic rings. The minimum Gasteiger partial charge on any atom is -0.387 e. The number of nitrogen functional groups attached to an aromatic ring is 2. The number of hydrogen-bond donors (Lipinski definition) is 11. The van der Waals surface area contributed by atoms with Gasteiger partial charge in [-0.15, -0.1) is 0 Å². The van der Waals surface area contributed by atoms with E-state index in [0.29, 0.717) is 0 Å². The Balaban J connectivity index is 0.955. The van der Waals surface area contributed by atoms with Gasteiger partial charge >= 0.3 is 42.6 Å². The average Bonchev–Trinajstić information content (AvgIpc) is 4.36. The summed E-state index contributed by atoms with van der Waals surface area (Å²) in [5.41, 5.74) is 9.15. The first-order valence-corrected chi connectivity index (χ1v) is 29.1. The number of fused-ring (bicyclic) bond motifs is 2. The Morgan fingerprint density at radius 2 is 1.46 bits per heavy atom. The number of aromatic nitrogens is 10. The quantitative estimate of drug-likeness (QED) is 0.0206. The highest BCUT2D eigenvalue weighted by Crippen LogP contribution is 2.68. The van der Waals surface area contributed by atoms with Crippen molar-refractivity contribution < 1.29 is 113 Å².